The number of hydrogen-bond donors (Lipinski definition) is 1. The van der Waals surface area contributed by atoms with Gasteiger partial charge in [0.2, 0.25) is 0 Å². The Morgan fingerprint density at radius 1 is 0.958 bits per heavy atom. The molecule has 1 aromatic carbocycles. The second-order valence-corrected chi connectivity index (χ2v) is 7.50. The maximum Gasteiger partial charge on any atom is 0.317 e. The monoisotopic (exact) mass is 369 g/mol. The molecule has 0 bridgehead atoms. The third-order valence-corrected chi connectivity index (χ3v) is 5.61. The van der Waals surface area contributed by atoms with Crippen LogP contribution in [0.4, 0.5) is 10.5 Å². The minimum absolute atomic E-state index is 0.0757. The van der Waals surface area contributed by atoms with Gasteiger partial charge in [-0.2, -0.15) is 0 Å². The molecule has 0 radical (unpaired) electrons. The molecule has 1 heterocycles. The number of amides is 2. The quantitative estimate of drug-likeness (QED) is 0.776. The number of rotatable bonds is 2. The summed E-state index contributed by atoms with van der Waals surface area (Å²) in [5.74, 6) is 0. The van der Waals surface area contributed by atoms with Crippen molar-refractivity contribution in [1.29, 1.82) is 0 Å². The summed E-state index contributed by atoms with van der Waals surface area (Å²) < 4.78 is 0. The first kappa shape index (κ1) is 17.7. The summed E-state index contributed by atoms with van der Waals surface area (Å²) >= 11 is 12.6. The van der Waals surface area contributed by atoms with E-state index in [1.165, 1.54) is 25.7 Å². The van der Waals surface area contributed by atoms with Crippen molar-refractivity contribution in [2.75, 3.05) is 31.1 Å². The lowest BCUT2D eigenvalue weighted by Crippen LogP contribution is -2.53. The van der Waals surface area contributed by atoms with Crippen molar-refractivity contribution in [3.63, 3.8) is 0 Å². The molecule has 3 rings (SSSR count). The molecule has 2 fully saturated rings. The zero-order valence-corrected chi connectivity index (χ0v) is 15.5. The molecule has 0 spiro atoms. The van der Waals surface area contributed by atoms with E-state index >= 15 is 0 Å². The van der Waals surface area contributed by atoms with Gasteiger partial charge in [-0.05, 0) is 25.0 Å². The number of urea groups is 1. The first-order valence-electron chi connectivity index (χ1n) is 8.89. The molecule has 1 saturated carbocycles. The van der Waals surface area contributed by atoms with Gasteiger partial charge in [0, 0.05) is 32.2 Å². The predicted molar refractivity (Wildman–Crippen MR) is 100 cm³/mol. The Labute approximate surface area is 154 Å². The van der Waals surface area contributed by atoms with Crippen LogP contribution in [-0.4, -0.2) is 43.2 Å². The van der Waals surface area contributed by atoms with Crippen molar-refractivity contribution in [3.8, 4) is 0 Å². The first-order valence-corrected chi connectivity index (χ1v) is 9.65. The van der Waals surface area contributed by atoms with E-state index in [-0.39, 0.29) is 6.03 Å². The molecule has 1 aliphatic carbocycles. The Morgan fingerprint density at radius 2 is 1.54 bits per heavy atom. The van der Waals surface area contributed by atoms with Gasteiger partial charge >= 0.3 is 6.03 Å². The second kappa shape index (κ2) is 8.30. The highest BCUT2D eigenvalue weighted by Gasteiger charge is 2.25. The number of carbonyl (C=O) groups is 1. The standard InChI is InChI=1S/C18H25Cl2N3O/c19-15-8-5-9-16(20)17(15)22-10-12-23(13-11-22)18(24)21-14-6-3-1-2-4-7-14/h5,8-9,14H,1-4,6-7,10-13H2,(H,21,24). The molecule has 6 heteroatoms. The van der Waals surface area contributed by atoms with Crippen LogP contribution in [-0.2, 0) is 0 Å². The van der Waals surface area contributed by atoms with Gasteiger partial charge in [-0.3, -0.25) is 0 Å². The molecule has 2 aliphatic rings. The normalized spacial score (nSPS) is 19.9. The average Bonchev–Trinajstić information content (AvgIpc) is 2.84. The molecule has 1 aliphatic heterocycles. The van der Waals surface area contributed by atoms with E-state index < -0.39 is 0 Å². The summed E-state index contributed by atoms with van der Waals surface area (Å²) in [5, 5.41) is 4.55. The lowest BCUT2D eigenvalue weighted by molar-refractivity contribution is 0.189. The SMILES string of the molecule is O=C(NC1CCCCCC1)N1CCN(c2c(Cl)cccc2Cl)CC1. The third-order valence-electron chi connectivity index (χ3n) is 5.00. The average molecular weight is 370 g/mol. The minimum Gasteiger partial charge on any atom is -0.366 e. The van der Waals surface area contributed by atoms with Crippen LogP contribution in [0.2, 0.25) is 10.0 Å². The van der Waals surface area contributed by atoms with Crippen LogP contribution < -0.4 is 10.2 Å². The Hall–Kier alpha value is -1.13. The molecule has 24 heavy (non-hydrogen) atoms. The number of nitrogens with one attached hydrogen (secondary N) is 1. The van der Waals surface area contributed by atoms with Gasteiger partial charge in [0.1, 0.15) is 0 Å². The van der Waals surface area contributed by atoms with Gasteiger partial charge in [-0.1, -0.05) is 55.0 Å². The smallest absolute Gasteiger partial charge is 0.317 e. The molecule has 1 N–H and O–H groups in total. The van der Waals surface area contributed by atoms with Crippen molar-refractivity contribution < 1.29 is 4.79 Å². The molecular weight excluding hydrogens is 345 g/mol. The molecule has 0 aromatic heterocycles. The number of hydrogen-bond acceptors (Lipinski definition) is 2. The van der Waals surface area contributed by atoms with E-state index in [1.807, 2.05) is 23.1 Å². The van der Waals surface area contributed by atoms with Gasteiger partial charge in [0.15, 0.2) is 0 Å². The Bertz CT molecular complexity index is 545. The summed E-state index contributed by atoms with van der Waals surface area (Å²) in [7, 11) is 0. The minimum atomic E-state index is 0.0757. The van der Waals surface area contributed by atoms with Gasteiger partial charge in [0.25, 0.3) is 0 Å². The van der Waals surface area contributed by atoms with Crippen molar-refractivity contribution in [2.45, 2.75) is 44.6 Å². The molecule has 0 unspecified atom stereocenters. The van der Waals surface area contributed by atoms with E-state index in [0.29, 0.717) is 29.2 Å². The lowest BCUT2D eigenvalue weighted by atomic mass is 10.1. The summed E-state index contributed by atoms with van der Waals surface area (Å²) in [4.78, 5) is 16.6. The van der Waals surface area contributed by atoms with Crippen LogP contribution in [0.1, 0.15) is 38.5 Å². The number of para-hydroxylation sites is 1. The topological polar surface area (TPSA) is 35.6 Å². The summed E-state index contributed by atoms with van der Waals surface area (Å²) in [5.41, 5.74) is 0.879. The maximum atomic E-state index is 12.5. The van der Waals surface area contributed by atoms with Gasteiger partial charge in [-0.15, -0.1) is 0 Å². The zero-order valence-electron chi connectivity index (χ0n) is 13.9. The van der Waals surface area contributed by atoms with Crippen LogP contribution in [0.15, 0.2) is 18.2 Å². The van der Waals surface area contributed by atoms with Gasteiger partial charge < -0.3 is 15.1 Å². The van der Waals surface area contributed by atoms with Crippen molar-refractivity contribution >= 4 is 34.9 Å². The predicted octanol–water partition coefficient (Wildman–Crippen LogP) is 4.55. The first-order chi connectivity index (χ1) is 11.6. The van der Waals surface area contributed by atoms with Crippen LogP contribution in [0.3, 0.4) is 0 Å². The number of halogens is 2. The van der Waals surface area contributed by atoms with Gasteiger partial charge in [-0.25, -0.2) is 4.79 Å². The highest BCUT2D eigenvalue weighted by molar-refractivity contribution is 6.39. The number of anilines is 1. The Morgan fingerprint density at radius 3 is 2.12 bits per heavy atom. The van der Waals surface area contributed by atoms with E-state index in [1.54, 1.807) is 0 Å². The maximum absolute atomic E-state index is 12.5. The van der Waals surface area contributed by atoms with E-state index in [9.17, 15) is 4.79 Å². The lowest BCUT2D eigenvalue weighted by Gasteiger charge is -2.37. The van der Waals surface area contributed by atoms with Crippen LogP contribution >= 0.6 is 23.2 Å². The fourth-order valence-electron chi connectivity index (χ4n) is 3.61. The summed E-state index contributed by atoms with van der Waals surface area (Å²) in [6, 6.07) is 5.98. The third kappa shape index (κ3) is 4.28. The fourth-order valence-corrected chi connectivity index (χ4v) is 4.25. The molecule has 4 nitrogen and oxygen atoms in total. The van der Waals surface area contributed by atoms with Crippen LogP contribution in [0.5, 0.6) is 0 Å². The van der Waals surface area contributed by atoms with Crippen molar-refractivity contribution in [2.24, 2.45) is 0 Å². The van der Waals surface area contributed by atoms with E-state index in [2.05, 4.69) is 10.2 Å². The number of carbonyl (C=O) groups excluding carboxylic acids is 1. The molecule has 2 amide bonds. The fraction of sp³-hybridized carbons (Fsp3) is 0.611. The Balaban J connectivity index is 1.53. The van der Waals surface area contributed by atoms with Gasteiger partial charge in [0.05, 0.1) is 15.7 Å². The Kier molecular flexibility index (Phi) is 6.12. The molecule has 1 saturated heterocycles. The van der Waals surface area contributed by atoms with E-state index in [0.717, 1.165) is 31.6 Å². The number of nitrogens with zero attached hydrogens (tertiary/aromatic N) is 2. The van der Waals surface area contributed by atoms with Crippen molar-refractivity contribution in [1.82, 2.24) is 10.2 Å². The summed E-state index contributed by atoms with van der Waals surface area (Å²) in [6.45, 7) is 2.89. The summed E-state index contributed by atoms with van der Waals surface area (Å²) in [6.07, 6.45) is 7.27. The highest BCUT2D eigenvalue weighted by atomic mass is 35.5. The molecule has 132 valence electrons. The number of benzene rings is 1. The van der Waals surface area contributed by atoms with E-state index in [4.69, 9.17) is 23.2 Å². The molecular formula is C18H25Cl2N3O. The molecule has 0 atom stereocenters. The molecule has 1 aromatic rings. The number of piperazine rings is 1. The second-order valence-electron chi connectivity index (χ2n) is 6.68. The highest BCUT2D eigenvalue weighted by Crippen LogP contribution is 2.34. The largest absolute Gasteiger partial charge is 0.366 e. The van der Waals surface area contributed by atoms with Crippen LogP contribution in [0, 0.1) is 0 Å². The van der Waals surface area contributed by atoms with Crippen molar-refractivity contribution in [3.05, 3.63) is 28.2 Å². The zero-order chi connectivity index (χ0) is 16.9. The van der Waals surface area contributed by atoms with Crippen LogP contribution in [0.25, 0.3) is 0 Å².